The molecule has 0 aliphatic heterocycles. The number of anilines is 2. The average Bonchev–Trinajstić information content (AvgIpc) is 2.37. The third-order valence-corrected chi connectivity index (χ3v) is 2.15. The van der Waals surface area contributed by atoms with E-state index in [-0.39, 0.29) is 11.4 Å². The molecule has 1 aromatic heterocycles. The highest BCUT2D eigenvalue weighted by Crippen LogP contribution is 2.21. The number of aromatic nitrogens is 1. The van der Waals surface area contributed by atoms with Crippen molar-refractivity contribution in [3.63, 3.8) is 0 Å². The number of benzene rings is 1. The number of hydrogen-bond acceptors (Lipinski definition) is 3. The number of nitriles is 1. The van der Waals surface area contributed by atoms with Crippen LogP contribution in [0.1, 0.15) is 5.69 Å². The van der Waals surface area contributed by atoms with Crippen molar-refractivity contribution in [2.45, 2.75) is 0 Å². The molecule has 0 amide bonds. The standard InChI is InChI=1S/C12H6F3N3/c13-10-3-9(4-11(14)12(10)15)18-8-2-1-7(5-16)17-6-8/h1-4,6,18H. The van der Waals surface area contributed by atoms with Crippen LogP contribution >= 0.6 is 0 Å². The van der Waals surface area contributed by atoms with E-state index in [9.17, 15) is 13.2 Å². The van der Waals surface area contributed by atoms with Gasteiger partial charge in [-0.2, -0.15) is 5.26 Å². The van der Waals surface area contributed by atoms with E-state index in [2.05, 4.69) is 10.3 Å². The molecule has 90 valence electrons. The summed E-state index contributed by atoms with van der Waals surface area (Å²) in [5, 5.41) is 11.2. The lowest BCUT2D eigenvalue weighted by atomic mass is 10.2. The smallest absolute Gasteiger partial charge is 0.194 e. The van der Waals surface area contributed by atoms with Gasteiger partial charge in [0.05, 0.1) is 11.9 Å². The van der Waals surface area contributed by atoms with Gasteiger partial charge in [-0.1, -0.05) is 0 Å². The molecule has 0 fully saturated rings. The summed E-state index contributed by atoms with van der Waals surface area (Å²) in [6, 6.07) is 6.46. The molecule has 0 atom stereocenters. The summed E-state index contributed by atoms with van der Waals surface area (Å²) in [6.45, 7) is 0. The van der Waals surface area contributed by atoms with Gasteiger partial charge in [0.15, 0.2) is 17.5 Å². The van der Waals surface area contributed by atoms with Crippen LogP contribution < -0.4 is 5.32 Å². The van der Waals surface area contributed by atoms with Gasteiger partial charge < -0.3 is 5.32 Å². The molecule has 1 N–H and O–H groups in total. The predicted molar refractivity (Wildman–Crippen MR) is 58.6 cm³/mol. The van der Waals surface area contributed by atoms with Crippen molar-refractivity contribution in [2.75, 3.05) is 5.32 Å². The number of rotatable bonds is 2. The second-order valence-corrected chi connectivity index (χ2v) is 3.42. The zero-order valence-electron chi connectivity index (χ0n) is 8.92. The second-order valence-electron chi connectivity index (χ2n) is 3.42. The quantitative estimate of drug-likeness (QED) is 0.832. The largest absolute Gasteiger partial charge is 0.354 e. The molecule has 0 saturated carbocycles. The third kappa shape index (κ3) is 2.40. The fraction of sp³-hybridized carbons (Fsp3) is 0. The van der Waals surface area contributed by atoms with Crippen molar-refractivity contribution >= 4 is 11.4 Å². The highest BCUT2D eigenvalue weighted by Gasteiger charge is 2.10. The zero-order chi connectivity index (χ0) is 13.1. The second kappa shape index (κ2) is 4.75. The highest BCUT2D eigenvalue weighted by molar-refractivity contribution is 5.59. The Morgan fingerprint density at radius 1 is 1.06 bits per heavy atom. The summed E-state index contributed by atoms with van der Waals surface area (Å²) in [6.07, 6.45) is 1.33. The summed E-state index contributed by atoms with van der Waals surface area (Å²) < 4.78 is 38.6. The lowest BCUT2D eigenvalue weighted by Crippen LogP contribution is -1.97. The van der Waals surface area contributed by atoms with Crippen LogP contribution in [0.4, 0.5) is 24.5 Å². The fourth-order valence-electron chi connectivity index (χ4n) is 1.33. The summed E-state index contributed by atoms with van der Waals surface area (Å²) in [4.78, 5) is 3.77. The fourth-order valence-corrected chi connectivity index (χ4v) is 1.33. The van der Waals surface area contributed by atoms with Gasteiger partial charge in [-0.05, 0) is 12.1 Å². The van der Waals surface area contributed by atoms with E-state index < -0.39 is 17.5 Å². The van der Waals surface area contributed by atoms with Gasteiger partial charge in [-0.15, -0.1) is 0 Å². The molecule has 0 bridgehead atoms. The van der Waals surface area contributed by atoms with Crippen LogP contribution in [0, 0.1) is 28.8 Å². The molecule has 1 heterocycles. The third-order valence-electron chi connectivity index (χ3n) is 2.15. The average molecular weight is 249 g/mol. The molecule has 3 nitrogen and oxygen atoms in total. The molecule has 2 aromatic rings. The monoisotopic (exact) mass is 249 g/mol. The van der Waals surface area contributed by atoms with E-state index in [0.717, 1.165) is 12.1 Å². The van der Waals surface area contributed by atoms with Gasteiger partial charge in [-0.3, -0.25) is 0 Å². The maximum atomic E-state index is 12.9. The summed E-state index contributed by atoms with van der Waals surface area (Å²) >= 11 is 0. The first-order valence-corrected chi connectivity index (χ1v) is 4.88. The Hall–Kier alpha value is -2.55. The van der Waals surface area contributed by atoms with Gasteiger partial charge in [-0.25, -0.2) is 18.2 Å². The van der Waals surface area contributed by atoms with Crippen LogP contribution in [0.3, 0.4) is 0 Å². The molecule has 6 heteroatoms. The molecule has 1 aromatic carbocycles. The van der Waals surface area contributed by atoms with Crippen LogP contribution in [0.25, 0.3) is 0 Å². The summed E-state index contributed by atoms with van der Waals surface area (Å²) in [7, 11) is 0. The summed E-state index contributed by atoms with van der Waals surface area (Å²) in [5.74, 6) is -4.07. The number of nitrogens with one attached hydrogen (secondary N) is 1. The lowest BCUT2D eigenvalue weighted by Gasteiger charge is -2.06. The Kier molecular flexibility index (Phi) is 3.15. The molecule has 0 saturated heterocycles. The van der Waals surface area contributed by atoms with Crippen LogP contribution in [0.5, 0.6) is 0 Å². The molecule has 0 aliphatic rings. The molecule has 0 radical (unpaired) electrons. The first-order chi connectivity index (χ1) is 8.60. The maximum absolute atomic E-state index is 12.9. The van der Waals surface area contributed by atoms with Gasteiger partial charge in [0.25, 0.3) is 0 Å². The van der Waals surface area contributed by atoms with E-state index in [1.807, 2.05) is 6.07 Å². The van der Waals surface area contributed by atoms with Crippen LogP contribution in [-0.2, 0) is 0 Å². The normalized spacial score (nSPS) is 9.89. The van der Waals surface area contributed by atoms with Crippen molar-refractivity contribution in [1.82, 2.24) is 4.98 Å². The Labute approximate surface area is 101 Å². The topological polar surface area (TPSA) is 48.7 Å². The minimum absolute atomic E-state index is 0.0536. The zero-order valence-corrected chi connectivity index (χ0v) is 8.92. The lowest BCUT2D eigenvalue weighted by molar-refractivity contribution is 0.448. The molecule has 0 unspecified atom stereocenters. The maximum Gasteiger partial charge on any atom is 0.194 e. The van der Waals surface area contributed by atoms with Gasteiger partial charge in [0, 0.05) is 17.8 Å². The van der Waals surface area contributed by atoms with E-state index in [4.69, 9.17) is 5.26 Å². The first kappa shape index (κ1) is 11.9. The van der Waals surface area contributed by atoms with Crippen molar-refractivity contribution in [1.29, 1.82) is 5.26 Å². The summed E-state index contributed by atoms with van der Waals surface area (Å²) in [5.41, 5.74) is 0.703. The Morgan fingerprint density at radius 2 is 1.72 bits per heavy atom. The number of nitrogens with zero attached hydrogens (tertiary/aromatic N) is 2. The molecular formula is C12H6F3N3. The minimum atomic E-state index is -1.52. The van der Waals surface area contributed by atoms with Crippen molar-refractivity contribution in [3.05, 3.63) is 53.6 Å². The number of pyridine rings is 1. The van der Waals surface area contributed by atoms with Gasteiger partial charge >= 0.3 is 0 Å². The predicted octanol–water partition coefficient (Wildman–Crippen LogP) is 3.11. The molecule has 0 aliphatic carbocycles. The first-order valence-electron chi connectivity index (χ1n) is 4.88. The van der Waals surface area contributed by atoms with E-state index in [1.165, 1.54) is 18.3 Å². The Bertz CT molecular complexity index is 594. The van der Waals surface area contributed by atoms with Crippen LogP contribution in [0.15, 0.2) is 30.5 Å². The van der Waals surface area contributed by atoms with Crippen LogP contribution in [-0.4, -0.2) is 4.98 Å². The molecule has 0 spiro atoms. The van der Waals surface area contributed by atoms with Gasteiger partial charge in [0.2, 0.25) is 0 Å². The van der Waals surface area contributed by atoms with Crippen molar-refractivity contribution in [2.24, 2.45) is 0 Å². The molecule has 18 heavy (non-hydrogen) atoms. The van der Waals surface area contributed by atoms with Gasteiger partial charge in [0.1, 0.15) is 11.8 Å². The van der Waals surface area contributed by atoms with Crippen molar-refractivity contribution < 1.29 is 13.2 Å². The molecular weight excluding hydrogens is 243 g/mol. The number of hydrogen-bond donors (Lipinski definition) is 1. The van der Waals surface area contributed by atoms with E-state index in [0.29, 0.717) is 5.69 Å². The SMILES string of the molecule is N#Cc1ccc(Nc2cc(F)c(F)c(F)c2)cn1. The minimum Gasteiger partial charge on any atom is -0.354 e. The van der Waals surface area contributed by atoms with Crippen LogP contribution in [0.2, 0.25) is 0 Å². The Balaban J connectivity index is 2.26. The van der Waals surface area contributed by atoms with E-state index >= 15 is 0 Å². The van der Waals surface area contributed by atoms with E-state index in [1.54, 1.807) is 0 Å². The Morgan fingerprint density at radius 3 is 2.22 bits per heavy atom. The number of halogens is 3. The molecule has 2 rings (SSSR count). The highest BCUT2D eigenvalue weighted by atomic mass is 19.2. The van der Waals surface area contributed by atoms with Crippen molar-refractivity contribution in [3.8, 4) is 6.07 Å².